The highest BCUT2D eigenvalue weighted by molar-refractivity contribution is 7.89. The summed E-state index contributed by atoms with van der Waals surface area (Å²) in [4.78, 5) is 172. The molecule has 104 heavy (non-hydrogen) atoms. The van der Waals surface area contributed by atoms with E-state index in [0.29, 0.717) is 29.2 Å². The average molecular weight is 1480 g/mol. The van der Waals surface area contributed by atoms with Crippen molar-refractivity contribution in [1.82, 2.24) is 68.5 Å². The maximum Gasteiger partial charge on any atom is 0.245 e. The second-order valence-corrected chi connectivity index (χ2v) is 28.1. The van der Waals surface area contributed by atoms with Gasteiger partial charge in [0.05, 0.1) is 23.6 Å². The first-order valence-corrected chi connectivity index (χ1v) is 36.8. The lowest BCUT2D eigenvalue weighted by atomic mass is 10.00. The van der Waals surface area contributed by atoms with E-state index in [0.717, 1.165) is 31.9 Å². The topological polar surface area (TPSA) is 543 Å². The van der Waals surface area contributed by atoms with Crippen LogP contribution in [0.3, 0.4) is 0 Å². The molecule has 0 aliphatic carbocycles. The number of hydrogen-bond donors (Lipinski definition) is 19. The summed E-state index contributed by atoms with van der Waals surface area (Å²) in [6.45, 7) is 5.52. The van der Waals surface area contributed by atoms with Gasteiger partial charge in [0, 0.05) is 56.5 Å². The number of sulfonamides is 1. The number of rotatable bonds is 35. The number of carbonyl (C=O) groups excluding carboxylic acids is 12. The quantitative estimate of drug-likeness (QED) is 0.0249. The monoisotopic (exact) mass is 1480 g/mol. The zero-order valence-electron chi connectivity index (χ0n) is 60.5. The van der Waals surface area contributed by atoms with Gasteiger partial charge in [-0.1, -0.05) is 101 Å². The Morgan fingerprint density at radius 1 is 0.577 bits per heavy atom. The number of aliphatic hydroxyl groups is 2. The summed E-state index contributed by atoms with van der Waals surface area (Å²) in [7, 11) is -0.636. The standard InChI is InChI=1S/C69H110N18O16S/c1-8-9-10-11-15-24-56(90)77-50(29-35-74-57(91)39-76-104(102,103)55-23-17-20-44-45(55)21-16-22-54(44)87(6)7)65(97)86-59(42(5)89)69(101)82-48(27-33-72)61(93)81-51-30-36-75-68(100)58(41(4)88)85-64(96)49(28-34-73)79-60(92)46(25-31-70)80-66(98)52(37-40(2)3)83-67(99)53(38-43-18-13-12-14-19-43)84-62(94)47(26-32-71)78-63(51)95/h12-14,16-23,40-42,46-53,58-59,76,88-89H,8-11,15,24-39,70-73H2,1-7H3,(H,74,91)(H,75,100)(H,77,90)(H,78,95)(H,79,92)(H,80,98)(H,81,93)(H,82,101)(H,83,99)(H,84,94)(H,85,96)(H,86,97)/t41-,42-,46+,47+,48+,49+,50+,51+,52+,53-,58+,59+/m1/s1. The van der Waals surface area contributed by atoms with E-state index < -0.39 is 173 Å². The first-order valence-electron chi connectivity index (χ1n) is 35.4. The predicted octanol–water partition coefficient (Wildman–Crippen LogP) is -4.14. The average Bonchev–Trinajstić information content (AvgIpc) is 0.777. The van der Waals surface area contributed by atoms with E-state index in [-0.39, 0.29) is 94.9 Å². The maximum atomic E-state index is 14.7. The molecule has 1 fully saturated rings. The minimum atomic E-state index is -4.26. The molecule has 35 heteroatoms. The molecule has 0 saturated carbocycles. The summed E-state index contributed by atoms with van der Waals surface area (Å²) < 4.78 is 29.5. The number of carbonyl (C=O) groups is 12. The van der Waals surface area contributed by atoms with Crippen molar-refractivity contribution in [3.05, 3.63) is 72.3 Å². The third-order valence-electron chi connectivity index (χ3n) is 17.1. The second kappa shape index (κ2) is 44.6. The van der Waals surface area contributed by atoms with Crippen LogP contribution in [-0.4, -0.2) is 222 Å². The van der Waals surface area contributed by atoms with Crippen molar-refractivity contribution in [3.8, 4) is 0 Å². The molecule has 12 amide bonds. The highest BCUT2D eigenvalue weighted by Crippen LogP contribution is 2.30. The molecule has 1 aliphatic rings. The van der Waals surface area contributed by atoms with Crippen LogP contribution >= 0.6 is 0 Å². The SMILES string of the molecule is CCCCCCCC(=O)N[C@@H](CCNC(=O)CNS(=O)(=O)c1cccc2c(N(C)C)cccc12)C(=O)N[C@H](C(=O)N[C@@H](CCN)C(=O)N[C@H]1CCNC(=O)[C@H]([C@@H](C)O)NC(=O)[C@H](CCN)NC(=O)[C@H](CCN)NC(=O)[C@H](CC(C)C)NC(=O)[C@@H](Cc2ccccc2)NC(=O)[C@H](CCN)NC1=O)[C@@H](C)O. The zero-order valence-corrected chi connectivity index (χ0v) is 61.3. The number of benzene rings is 3. The lowest BCUT2D eigenvalue weighted by molar-refractivity contribution is -0.137. The lowest BCUT2D eigenvalue weighted by Gasteiger charge is -2.29. The summed E-state index contributed by atoms with van der Waals surface area (Å²) in [5.74, 6) is -11.5. The van der Waals surface area contributed by atoms with Crippen molar-refractivity contribution < 1.29 is 76.2 Å². The van der Waals surface area contributed by atoms with E-state index in [1.54, 1.807) is 68.4 Å². The van der Waals surface area contributed by atoms with Crippen LogP contribution in [0.1, 0.15) is 124 Å². The third-order valence-corrected chi connectivity index (χ3v) is 18.5. The number of anilines is 1. The summed E-state index contributed by atoms with van der Waals surface area (Å²) >= 11 is 0. The molecule has 1 aliphatic heterocycles. The number of aliphatic hydroxyl groups excluding tert-OH is 2. The van der Waals surface area contributed by atoms with Gasteiger partial charge in [-0.2, -0.15) is 0 Å². The fourth-order valence-electron chi connectivity index (χ4n) is 11.4. The van der Waals surface area contributed by atoms with Crippen LogP contribution in [0.5, 0.6) is 0 Å². The van der Waals surface area contributed by atoms with Gasteiger partial charge in [-0.05, 0) is 115 Å². The van der Waals surface area contributed by atoms with Gasteiger partial charge in [0.1, 0.15) is 60.4 Å². The van der Waals surface area contributed by atoms with Crippen molar-refractivity contribution >= 4 is 97.4 Å². The van der Waals surface area contributed by atoms with Crippen LogP contribution in [-0.2, 0) is 74.0 Å². The molecule has 1 saturated heterocycles. The first kappa shape index (κ1) is 87.4. The fourth-order valence-corrected chi connectivity index (χ4v) is 12.6. The van der Waals surface area contributed by atoms with Gasteiger partial charge in [-0.25, -0.2) is 13.1 Å². The molecule has 3 aromatic carbocycles. The Hall–Kier alpha value is -8.97. The van der Waals surface area contributed by atoms with E-state index in [2.05, 4.69) is 68.5 Å². The van der Waals surface area contributed by atoms with Gasteiger partial charge < -0.3 is 102 Å². The van der Waals surface area contributed by atoms with E-state index in [9.17, 15) is 76.2 Å². The van der Waals surface area contributed by atoms with E-state index in [1.807, 2.05) is 32.0 Å². The molecule has 578 valence electrons. The molecule has 0 bridgehead atoms. The minimum absolute atomic E-state index is 0.00100. The molecular formula is C69H110N18O16S. The maximum absolute atomic E-state index is 14.7. The van der Waals surface area contributed by atoms with Gasteiger partial charge in [-0.3, -0.25) is 57.5 Å². The van der Waals surface area contributed by atoms with Crippen molar-refractivity contribution in [1.29, 1.82) is 0 Å². The normalized spacial score (nSPS) is 20.6. The summed E-state index contributed by atoms with van der Waals surface area (Å²) in [5, 5.41) is 53.6. The Labute approximate surface area is 607 Å². The minimum Gasteiger partial charge on any atom is -0.391 e. The third kappa shape index (κ3) is 28.6. The molecule has 34 nitrogen and oxygen atoms in total. The Morgan fingerprint density at radius 2 is 1.12 bits per heavy atom. The van der Waals surface area contributed by atoms with E-state index in [4.69, 9.17) is 22.9 Å². The number of nitrogens with one attached hydrogen (secondary N) is 13. The second-order valence-electron chi connectivity index (χ2n) is 26.4. The van der Waals surface area contributed by atoms with Gasteiger partial charge in [0.25, 0.3) is 0 Å². The molecule has 1 heterocycles. The van der Waals surface area contributed by atoms with Crippen LogP contribution in [0.15, 0.2) is 71.6 Å². The van der Waals surface area contributed by atoms with Crippen molar-refractivity contribution in [2.45, 2.75) is 202 Å². The van der Waals surface area contributed by atoms with Crippen LogP contribution in [0.2, 0.25) is 0 Å². The van der Waals surface area contributed by atoms with Gasteiger partial charge in [-0.15, -0.1) is 0 Å². The smallest absolute Gasteiger partial charge is 0.245 e. The number of fused-ring (bicyclic) bond motifs is 1. The lowest BCUT2D eigenvalue weighted by Crippen LogP contribution is -2.62. The molecule has 0 radical (unpaired) electrons. The van der Waals surface area contributed by atoms with Gasteiger partial charge in [0.2, 0.25) is 80.9 Å². The molecule has 4 rings (SSSR count). The number of amides is 12. The number of nitrogens with zero attached hydrogens (tertiary/aromatic N) is 1. The van der Waals surface area contributed by atoms with Crippen molar-refractivity contribution in [2.75, 3.05) is 64.8 Å². The first-order chi connectivity index (χ1) is 49.4. The number of unbranched alkanes of at least 4 members (excludes halogenated alkanes) is 4. The zero-order chi connectivity index (χ0) is 77.2. The Kier molecular flexibility index (Phi) is 37.5. The van der Waals surface area contributed by atoms with Crippen LogP contribution in [0.25, 0.3) is 10.8 Å². The largest absolute Gasteiger partial charge is 0.391 e. The molecule has 0 unspecified atom stereocenters. The summed E-state index contributed by atoms with van der Waals surface area (Å²) in [6.07, 6.45) is -1.36. The number of hydrogen-bond acceptors (Lipinski definition) is 21. The van der Waals surface area contributed by atoms with Crippen LogP contribution < -0.4 is 96.4 Å². The molecule has 3 aromatic rings. The van der Waals surface area contributed by atoms with E-state index >= 15 is 0 Å². The van der Waals surface area contributed by atoms with Gasteiger partial charge >= 0.3 is 0 Å². The van der Waals surface area contributed by atoms with Crippen molar-refractivity contribution in [3.63, 3.8) is 0 Å². The van der Waals surface area contributed by atoms with Crippen LogP contribution in [0, 0.1) is 5.92 Å². The fraction of sp³-hybridized carbons (Fsp3) is 0.594. The molecule has 0 aromatic heterocycles. The van der Waals surface area contributed by atoms with Crippen LogP contribution in [0.4, 0.5) is 5.69 Å². The Bertz CT molecular complexity index is 3480. The predicted molar refractivity (Wildman–Crippen MR) is 389 cm³/mol. The molecule has 0 spiro atoms. The highest BCUT2D eigenvalue weighted by Gasteiger charge is 2.38. The summed E-state index contributed by atoms with van der Waals surface area (Å²) in [5.41, 5.74) is 25.1. The number of nitrogens with two attached hydrogens (primary N) is 4. The highest BCUT2D eigenvalue weighted by atomic mass is 32.2. The Balaban J connectivity index is 1.67. The summed E-state index contributed by atoms with van der Waals surface area (Å²) in [6, 6.07) is 2.76. The van der Waals surface area contributed by atoms with E-state index in [1.165, 1.54) is 13.0 Å². The molecule has 12 atom stereocenters. The molecule has 23 N–H and O–H groups in total. The van der Waals surface area contributed by atoms with Crippen molar-refractivity contribution in [2.24, 2.45) is 28.9 Å². The van der Waals surface area contributed by atoms with Gasteiger partial charge in [0.15, 0.2) is 0 Å². The Morgan fingerprint density at radius 3 is 1.70 bits per heavy atom. The molecular weight excluding hydrogens is 1370 g/mol.